The highest BCUT2D eigenvalue weighted by Crippen LogP contribution is 2.23. The Bertz CT molecular complexity index is 243. The first-order valence-corrected chi connectivity index (χ1v) is 6.63. The van der Waals surface area contributed by atoms with E-state index >= 15 is 0 Å². The lowest BCUT2D eigenvalue weighted by atomic mass is 10.1. The molecule has 4 heteroatoms. The zero-order valence-corrected chi connectivity index (χ0v) is 11.2. The van der Waals surface area contributed by atoms with Gasteiger partial charge in [0.05, 0.1) is 12.5 Å². The molecule has 0 bridgehead atoms. The normalized spacial score (nSPS) is 25.5. The number of ether oxygens (including phenoxy) is 1. The second-order valence-electron chi connectivity index (χ2n) is 5.28. The van der Waals surface area contributed by atoms with E-state index in [9.17, 15) is 9.90 Å². The summed E-state index contributed by atoms with van der Waals surface area (Å²) in [4.78, 5) is 13.7. The molecule has 0 spiro atoms. The van der Waals surface area contributed by atoms with Gasteiger partial charge in [0.25, 0.3) is 0 Å². The highest BCUT2D eigenvalue weighted by Gasteiger charge is 2.35. The number of aliphatic hydroxyl groups is 1. The maximum absolute atomic E-state index is 11.7. The summed E-state index contributed by atoms with van der Waals surface area (Å²) in [6.07, 6.45) is 1.97. The van der Waals surface area contributed by atoms with E-state index in [0.717, 1.165) is 19.4 Å². The quantitative estimate of drug-likeness (QED) is 0.569. The molecule has 1 aliphatic heterocycles. The van der Waals surface area contributed by atoms with Crippen LogP contribution in [-0.2, 0) is 9.53 Å². The van der Waals surface area contributed by atoms with Gasteiger partial charge in [-0.25, -0.2) is 0 Å². The van der Waals surface area contributed by atoms with Crippen molar-refractivity contribution in [3.05, 3.63) is 0 Å². The van der Waals surface area contributed by atoms with Crippen molar-refractivity contribution in [2.45, 2.75) is 46.3 Å². The Hall–Kier alpha value is -0.610. The third-order valence-electron chi connectivity index (χ3n) is 3.05. The zero-order chi connectivity index (χ0) is 12.8. The number of hydrogen-bond donors (Lipinski definition) is 1. The Morgan fingerprint density at radius 1 is 1.53 bits per heavy atom. The van der Waals surface area contributed by atoms with Crippen LogP contribution in [0.25, 0.3) is 0 Å². The number of rotatable bonds is 6. The molecule has 0 aromatic heterocycles. The van der Waals surface area contributed by atoms with Gasteiger partial charge in [-0.2, -0.15) is 0 Å². The van der Waals surface area contributed by atoms with Gasteiger partial charge in [-0.1, -0.05) is 27.2 Å². The first-order valence-electron chi connectivity index (χ1n) is 6.63. The van der Waals surface area contributed by atoms with E-state index in [4.69, 9.17) is 4.74 Å². The molecule has 1 N–H and O–H groups in total. The second-order valence-corrected chi connectivity index (χ2v) is 5.28. The van der Waals surface area contributed by atoms with E-state index in [0.29, 0.717) is 25.5 Å². The van der Waals surface area contributed by atoms with Crippen molar-refractivity contribution in [1.29, 1.82) is 0 Å². The van der Waals surface area contributed by atoms with Gasteiger partial charge in [-0.3, -0.25) is 9.69 Å². The molecule has 2 atom stereocenters. The van der Waals surface area contributed by atoms with Crippen LogP contribution < -0.4 is 0 Å². The first-order chi connectivity index (χ1) is 8.04. The smallest absolute Gasteiger partial charge is 0.310 e. The predicted octanol–water partition coefficient (Wildman–Crippen LogP) is 1.63. The SMILES string of the molecule is CCCCOC(=O)C1CC(O)N(CC(C)C)C1. The zero-order valence-electron chi connectivity index (χ0n) is 11.2. The van der Waals surface area contributed by atoms with Gasteiger partial charge in [0, 0.05) is 19.5 Å². The lowest BCUT2D eigenvalue weighted by Gasteiger charge is -2.21. The van der Waals surface area contributed by atoms with Gasteiger partial charge in [-0.05, 0) is 12.3 Å². The molecular formula is C13H25NO3. The molecule has 1 aliphatic rings. The number of esters is 1. The fraction of sp³-hybridized carbons (Fsp3) is 0.923. The van der Waals surface area contributed by atoms with Crippen molar-refractivity contribution in [3.8, 4) is 0 Å². The second kappa shape index (κ2) is 6.97. The number of nitrogens with zero attached hydrogens (tertiary/aromatic N) is 1. The standard InChI is InChI=1S/C13H25NO3/c1-4-5-6-17-13(16)11-7-12(15)14(9-11)8-10(2)3/h10-12,15H,4-9H2,1-3H3. The van der Waals surface area contributed by atoms with E-state index < -0.39 is 6.23 Å². The molecule has 4 nitrogen and oxygen atoms in total. The van der Waals surface area contributed by atoms with Crippen LogP contribution in [-0.4, -0.2) is 41.9 Å². The molecule has 1 rings (SSSR count). The predicted molar refractivity (Wildman–Crippen MR) is 66.4 cm³/mol. The number of carbonyl (C=O) groups excluding carboxylic acids is 1. The van der Waals surface area contributed by atoms with Crippen molar-refractivity contribution >= 4 is 5.97 Å². The van der Waals surface area contributed by atoms with Crippen LogP contribution in [0, 0.1) is 11.8 Å². The molecule has 0 aliphatic carbocycles. The van der Waals surface area contributed by atoms with Gasteiger partial charge >= 0.3 is 5.97 Å². The summed E-state index contributed by atoms with van der Waals surface area (Å²) in [5, 5.41) is 9.85. The Morgan fingerprint density at radius 2 is 2.24 bits per heavy atom. The maximum atomic E-state index is 11.7. The summed E-state index contributed by atoms with van der Waals surface area (Å²) in [7, 11) is 0. The summed E-state index contributed by atoms with van der Waals surface area (Å²) in [5.74, 6) is 0.198. The number of unbranched alkanes of at least 4 members (excludes halogenated alkanes) is 1. The van der Waals surface area contributed by atoms with Crippen LogP contribution in [0.4, 0.5) is 0 Å². The van der Waals surface area contributed by atoms with Crippen LogP contribution in [0.3, 0.4) is 0 Å². The Morgan fingerprint density at radius 3 is 2.82 bits per heavy atom. The molecule has 0 saturated carbocycles. The fourth-order valence-corrected chi connectivity index (χ4v) is 2.15. The number of likely N-dealkylation sites (tertiary alicyclic amines) is 1. The monoisotopic (exact) mass is 243 g/mol. The van der Waals surface area contributed by atoms with Gasteiger partial charge in [0.15, 0.2) is 0 Å². The highest BCUT2D eigenvalue weighted by atomic mass is 16.5. The van der Waals surface area contributed by atoms with Crippen LogP contribution in [0.1, 0.15) is 40.0 Å². The van der Waals surface area contributed by atoms with Crippen molar-refractivity contribution in [2.75, 3.05) is 19.7 Å². The molecule has 1 heterocycles. The molecule has 0 aromatic carbocycles. The minimum absolute atomic E-state index is 0.149. The molecule has 100 valence electrons. The minimum atomic E-state index is -0.485. The molecule has 1 fully saturated rings. The first kappa shape index (κ1) is 14.5. The summed E-state index contributed by atoms with van der Waals surface area (Å²) in [6, 6.07) is 0. The van der Waals surface area contributed by atoms with Gasteiger partial charge in [0.1, 0.15) is 6.23 Å². The molecular weight excluding hydrogens is 218 g/mol. The van der Waals surface area contributed by atoms with E-state index in [2.05, 4.69) is 20.8 Å². The number of hydrogen-bond acceptors (Lipinski definition) is 4. The average Bonchev–Trinajstić information content (AvgIpc) is 2.60. The van der Waals surface area contributed by atoms with Gasteiger partial charge in [-0.15, -0.1) is 0 Å². The third kappa shape index (κ3) is 4.64. The van der Waals surface area contributed by atoms with E-state index in [1.807, 2.05) is 4.90 Å². The summed E-state index contributed by atoms with van der Waals surface area (Å²) >= 11 is 0. The lowest BCUT2D eigenvalue weighted by Crippen LogP contribution is -2.33. The summed E-state index contributed by atoms with van der Waals surface area (Å²) in [6.45, 7) is 8.26. The summed E-state index contributed by atoms with van der Waals surface area (Å²) < 4.78 is 5.19. The average molecular weight is 243 g/mol. The van der Waals surface area contributed by atoms with Gasteiger partial charge < -0.3 is 9.84 Å². The fourth-order valence-electron chi connectivity index (χ4n) is 2.15. The number of aliphatic hydroxyl groups excluding tert-OH is 1. The van der Waals surface area contributed by atoms with Crippen molar-refractivity contribution in [1.82, 2.24) is 4.90 Å². The molecule has 1 saturated heterocycles. The van der Waals surface area contributed by atoms with E-state index in [1.54, 1.807) is 0 Å². The number of carbonyl (C=O) groups is 1. The van der Waals surface area contributed by atoms with E-state index in [1.165, 1.54) is 0 Å². The third-order valence-corrected chi connectivity index (χ3v) is 3.05. The lowest BCUT2D eigenvalue weighted by molar-refractivity contribution is -0.148. The van der Waals surface area contributed by atoms with Gasteiger partial charge in [0.2, 0.25) is 0 Å². The Labute approximate surface area is 104 Å². The molecule has 17 heavy (non-hydrogen) atoms. The molecule has 0 amide bonds. The Balaban J connectivity index is 2.34. The highest BCUT2D eigenvalue weighted by molar-refractivity contribution is 5.73. The topological polar surface area (TPSA) is 49.8 Å². The van der Waals surface area contributed by atoms with Crippen LogP contribution in [0.5, 0.6) is 0 Å². The van der Waals surface area contributed by atoms with Crippen LogP contribution in [0.2, 0.25) is 0 Å². The van der Waals surface area contributed by atoms with Crippen molar-refractivity contribution < 1.29 is 14.6 Å². The molecule has 0 aromatic rings. The van der Waals surface area contributed by atoms with Crippen molar-refractivity contribution in [3.63, 3.8) is 0 Å². The largest absolute Gasteiger partial charge is 0.465 e. The summed E-state index contributed by atoms with van der Waals surface area (Å²) in [5.41, 5.74) is 0. The van der Waals surface area contributed by atoms with E-state index in [-0.39, 0.29) is 11.9 Å². The van der Waals surface area contributed by atoms with Crippen LogP contribution >= 0.6 is 0 Å². The van der Waals surface area contributed by atoms with Crippen LogP contribution in [0.15, 0.2) is 0 Å². The molecule has 0 radical (unpaired) electrons. The minimum Gasteiger partial charge on any atom is -0.465 e. The van der Waals surface area contributed by atoms with Crippen molar-refractivity contribution in [2.24, 2.45) is 11.8 Å². The maximum Gasteiger partial charge on any atom is 0.310 e. The molecule has 2 unspecified atom stereocenters. The Kier molecular flexibility index (Phi) is 5.92.